The van der Waals surface area contributed by atoms with E-state index >= 15 is 0 Å². The van der Waals surface area contributed by atoms with Crippen molar-refractivity contribution in [2.24, 2.45) is 18.0 Å². The molecule has 0 amide bonds. The Hall–Kier alpha value is -0.830. The Bertz CT molecular complexity index is 567. The predicted molar refractivity (Wildman–Crippen MR) is 118 cm³/mol. The third-order valence-corrected chi connectivity index (χ3v) is 5.24. The van der Waals surface area contributed by atoms with Crippen LogP contribution in [0.4, 0.5) is 0 Å². The molecule has 2 heterocycles. The van der Waals surface area contributed by atoms with Gasteiger partial charge in [-0.1, -0.05) is 13.8 Å². The van der Waals surface area contributed by atoms with E-state index in [9.17, 15) is 0 Å². The van der Waals surface area contributed by atoms with Crippen molar-refractivity contribution in [3.63, 3.8) is 0 Å². The molecule has 0 saturated carbocycles. The molecule has 1 aromatic rings. The molecule has 1 N–H and O–H groups in total. The average molecular weight is 477 g/mol. The van der Waals surface area contributed by atoms with Gasteiger partial charge in [0.1, 0.15) is 0 Å². The normalized spacial score (nSPS) is 15.7. The molecule has 26 heavy (non-hydrogen) atoms. The zero-order valence-corrected chi connectivity index (χ0v) is 19.4. The number of hydrogen-bond donors (Lipinski definition) is 1. The van der Waals surface area contributed by atoms with Crippen LogP contribution in [-0.4, -0.2) is 54.5 Å². The monoisotopic (exact) mass is 477 g/mol. The lowest BCUT2D eigenvalue weighted by atomic mass is 9.96. The number of aromatic nitrogens is 2. The Labute approximate surface area is 175 Å². The zero-order chi connectivity index (χ0) is 18.2. The lowest BCUT2D eigenvalue weighted by Gasteiger charge is -2.27. The molecule has 0 unspecified atom stereocenters. The fourth-order valence-electron chi connectivity index (χ4n) is 3.66. The van der Waals surface area contributed by atoms with Gasteiger partial charge in [-0.2, -0.15) is 5.10 Å². The van der Waals surface area contributed by atoms with Crippen molar-refractivity contribution in [1.29, 1.82) is 0 Å². The van der Waals surface area contributed by atoms with Gasteiger partial charge in [0.15, 0.2) is 5.96 Å². The number of nitrogens with zero attached hydrogens (tertiary/aromatic N) is 4. The molecule has 1 aromatic heterocycles. The van der Waals surface area contributed by atoms with Crippen molar-refractivity contribution in [3.05, 3.63) is 17.0 Å². The molecule has 150 valence electrons. The van der Waals surface area contributed by atoms with Crippen LogP contribution < -0.4 is 5.32 Å². The van der Waals surface area contributed by atoms with Gasteiger partial charge >= 0.3 is 0 Å². The molecule has 1 aliphatic rings. The number of hydrogen-bond acceptors (Lipinski definition) is 3. The van der Waals surface area contributed by atoms with Crippen LogP contribution in [0.25, 0.3) is 0 Å². The number of guanidine groups is 1. The van der Waals surface area contributed by atoms with Crippen LogP contribution in [0.15, 0.2) is 4.99 Å². The summed E-state index contributed by atoms with van der Waals surface area (Å²) in [5, 5.41) is 8.19. The van der Waals surface area contributed by atoms with Crippen LogP contribution in [0.1, 0.15) is 50.1 Å². The molecular formula is C19H36IN5O. The lowest BCUT2D eigenvalue weighted by Crippen LogP contribution is -2.40. The molecule has 1 aliphatic heterocycles. The van der Waals surface area contributed by atoms with E-state index in [1.54, 1.807) is 0 Å². The third kappa shape index (κ3) is 6.11. The third-order valence-electron chi connectivity index (χ3n) is 5.24. The van der Waals surface area contributed by atoms with E-state index in [0.29, 0.717) is 0 Å². The van der Waals surface area contributed by atoms with Crippen molar-refractivity contribution in [1.82, 2.24) is 20.0 Å². The second kappa shape index (κ2) is 11.8. The minimum Gasteiger partial charge on any atom is -0.381 e. The highest BCUT2D eigenvalue weighted by Gasteiger charge is 2.17. The summed E-state index contributed by atoms with van der Waals surface area (Å²) >= 11 is 0. The summed E-state index contributed by atoms with van der Waals surface area (Å²) in [5.41, 5.74) is 3.82. The molecular weight excluding hydrogens is 441 g/mol. The van der Waals surface area contributed by atoms with Crippen molar-refractivity contribution in [2.75, 3.05) is 33.9 Å². The first-order chi connectivity index (χ1) is 12.1. The van der Waals surface area contributed by atoms with E-state index in [-0.39, 0.29) is 24.0 Å². The van der Waals surface area contributed by atoms with E-state index in [2.05, 4.69) is 41.2 Å². The second-order valence-electron chi connectivity index (χ2n) is 6.87. The quantitative estimate of drug-likeness (QED) is 0.373. The summed E-state index contributed by atoms with van der Waals surface area (Å²) < 4.78 is 7.47. The van der Waals surface area contributed by atoms with Crippen LogP contribution >= 0.6 is 24.0 Å². The van der Waals surface area contributed by atoms with Gasteiger partial charge in [0, 0.05) is 58.7 Å². The van der Waals surface area contributed by atoms with Gasteiger partial charge in [-0.25, -0.2) is 0 Å². The smallest absolute Gasteiger partial charge is 0.193 e. The molecule has 2 rings (SSSR count). The van der Waals surface area contributed by atoms with E-state index in [1.807, 2.05) is 18.8 Å². The minimum atomic E-state index is 0. The lowest BCUT2D eigenvalue weighted by molar-refractivity contribution is 0.0625. The van der Waals surface area contributed by atoms with Gasteiger partial charge in [-0.15, -0.1) is 24.0 Å². The Morgan fingerprint density at radius 2 is 2.00 bits per heavy atom. The van der Waals surface area contributed by atoms with Crippen LogP contribution in [0, 0.1) is 5.92 Å². The maximum atomic E-state index is 5.45. The number of aliphatic imine (C=N–C) groups is 1. The van der Waals surface area contributed by atoms with Gasteiger partial charge in [-0.05, 0) is 38.0 Å². The first kappa shape index (κ1) is 23.2. The number of rotatable bonds is 7. The van der Waals surface area contributed by atoms with E-state index in [4.69, 9.17) is 4.74 Å². The van der Waals surface area contributed by atoms with Crippen LogP contribution in [0.3, 0.4) is 0 Å². The molecule has 0 radical (unpaired) electrons. The van der Waals surface area contributed by atoms with Crippen LogP contribution in [-0.2, 0) is 31.2 Å². The maximum absolute atomic E-state index is 5.45. The minimum absolute atomic E-state index is 0. The molecule has 0 aromatic carbocycles. The number of aryl methyl sites for hydroxylation is 2. The summed E-state index contributed by atoms with van der Waals surface area (Å²) in [4.78, 5) is 6.70. The van der Waals surface area contributed by atoms with E-state index < -0.39 is 0 Å². The summed E-state index contributed by atoms with van der Waals surface area (Å²) in [7, 11) is 6.02. The highest BCUT2D eigenvalue weighted by molar-refractivity contribution is 14.0. The Morgan fingerprint density at radius 3 is 2.58 bits per heavy atom. The standard InChI is InChI=1S/C19H35N5O.HI/c1-6-17-16(18(7-2)24(5)22-17)14-21-19(20-3)23(4)11-8-15-9-12-25-13-10-15;/h15H,6-14H2,1-5H3,(H,20,21);1H. The SMILES string of the molecule is CCc1nn(C)c(CC)c1CNC(=NC)N(C)CCC1CCOCC1.I. The number of nitrogens with one attached hydrogen (secondary N) is 1. The molecule has 1 fully saturated rings. The highest BCUT2D eigenvalue weighted by Crippen LogP contribution is 2.19. The molecule has 6 nitrogen and oxygen atoms in total. The van der Waals surface area contributed by atoms with Crippen molar-refractivity contribution < 1.29 is 4.74 Å². The number of ether oxygens (including phenoxy) is 1. The topological polar surface area (TPSA) is 54.7 Å². The Kier molecular flexibility index (Phi) is 10.5. The van der Waals surface area contributed by atoms with Gasteiger partial charge in [0.2, 0.25) is 0 Å². The van der Waals surface area contributed by atoms with Gasteiger partial charge in [-0.3, -0.25) is 9.67 Å². The highest BCUT2D eigenvalue weighted by atomic mass is 127. The first-order valence-electron chi connectivity index (χ1n) is 9.63. The van der Waals surface area contributed by atoms with Gasteiger partial charge in [0.25, 0.3) is 0 Å². The van der Waals surface area contributed by atoms with Crippen LogP contribution in [0.2, 0.25) is 0 Å². The van der Waals surface area contributed by atoms with E-state index in [0.717, 1.165) is 51.0 Å². The summed E-state index contributed by atoms with van der Waals surface area (Å²) in [6, 6.07) is 0. The maximum Gasteiger partial charge on any atom is 0.193 e. The molecule has 0 spiro atoms. The zero-order valence-electron chi connectivity index (χ0n) is 17.0. The molecule has 0 bridgehead atoms. The summed E-state index contributed by atoms with van der Waals surface area (Å²) in [6.07, 6.45) is 5.54. The largest absolute Gasteiger partial charge is 0.381 e. The van der Waals surface area contributed by atoms with Crippen molar-refractivity contribution in [2.45, 2.75) is 52.5 Å². The van der Waals surface area contributed by atoms with Gasteiger partial charge in [0.05, 0.1) is 5.69 Å². The second-order valence-corrected chi connectivity index (χ2v) is 6.87. The fraction of sp³-hybridized carbons (Fsp3) is 0.789. The summed E-state index contributed by atoms with van der Waals surface area (Å²) in [6.45, 7) is 8.01. The fourth-order valence-corrected chi connectivity index (χ4v) is 3.66. The number of halogens is 1. The Balaban J connectivity index is 0.00000338. The molecule has 1 saturated heterocycles. The predicted octanol–water partition coefficient (Wildman–Crippen LogP) is 2.99. The molecule has 0 atom stereocenters. The van der Waals surface area contributed by atoms with Gasteiger partial charge < -0.3 is 15.0 Å². The van der Waals surface area contributed by atoms with Crippen molar-refractivity contribution in [3.8, 4) is 0 Å². The van der Waals surface area contributed by atoms with Crippen molar-refractivity contribution >= 4 is 29.9 Å². The summed E-state index contributed by atoms with van der Waals surface area (Å²) in [5.74, 6) is 1.74. The van der Waals surface area contributed by atoms with E-state index in [1.165, 1.54) is 36.2 Å². The first-order valence-corrected chi connectivity index (χ1v) is 9.63. The average Bonchev–Trinajstić information content (AvgIpc) is 2.96. The van der Waals surface area contributed by atoms with Crippen LogP contribution in [0.5, 0.6) is 0 Å². The molecule has 7 heteroatoms. The molecule has 0 aliphatic carbocycles. The Morgan fingerprint density at radius 1 is 1.31 bits per heavy atom.